The first-order valence-corrected chi connectivity index (χ1v) is 7.02. The number of halogens is 1. The van der Waals surface area contributed by atoms with Crippen molar-refractivity contribution in [3.05, 3.63) is 29.3 Å². The number of hydrogen-bond acceptors (Lipinski definition) is 6. The molecule has 0 bridgehead atoms. The van der Waals surface area contributed by atoms with Gasteiger partial charge in [0, 0.05) is 6.20 Å². The zero-order chi connectivity index (χ0) is 14.7. The van der Waals surface area contributed by atoms with Gasteiger partial charge in [0.1, 0.15) is 5.15 Å². The van der Waals surface area contributed by atoms with E-state index in [2.05, 4.69) is 30.9 Å². The van der Waals surface area contributed by atoms with E-state index in [1.165, 1.54) is 12.3 Å². The topological polar surface area (TPSA) is 97.6 Å². The molecule has 1 fully saturated rings. The molecular weight excluding hydrogens is 294 g/mol. The molecule has 1 aliphatic heterocycles. The van der Waals surface area contributed by atoms with E-state index in [-0.39, 0.29) is 22.8 Å². The van der Waals surface area contributed by atoms with Gasteiger partial charge in [-0.05, 0) is 32.0 Å². The molecule has 0 spiro atoms. The Hall–Kier alpha value is -2.06. The van der Waals surface area contributed by atoms with Crippen LogP contribution in [0.5, 0.6) is 0 Å². The van der Waals surface area contributed by atoms with Crippen molar-refractivity contribution in [2.24, 2.45) is 0 Å². The third kappa shape index (κ3) is 3.34. The average Bonchev–Trinajstić information content (AvgIpc) is 2.98. The fourth-order valence-corrected chi connectivity index (χ4v) is 2.33. The molecule has 1 saturated heterocycles. The van der Waals surface area contributed by atoms with Crippen LogP contribution in [0.3, 0.4) is 0 Å². The Morgan fingerprint density at radius 2 is 2.24 bits per heavy atom. The molecule has 2 aromatic heterocycles. The Morgan fingerprint density at radius 3 is 3.00 bits per heavy atom. The van der Waals surface area contributed by atoms with Crippen LogP contribution in [0.2, 0.25) is 5.15 Å². The van der Waals surface area contributed by atoms with E-state index in [0.717, 1.165) is 25.9 Å². The average molecular weight is 308 g/mol. The van der Waals surface area contributed by atoms with Crippen LogP contribution in [-0.4, -0.2) is 44.0 Å². The molecule has 3 heterocycles. The van der Waals surface area contributed by atoms with Crippen molar-refractivity contribution in [1.82, 2.24) is 30.3 Å². The van der Waals surface area contributed by atoms with Crippen LogP contribution in [0.1, 0.15) is 29.4 Å². The molecule has 0 aliphatic carbocycles. The van der Waals surface area contributed by atoms with Crippen molar-refractivity contribution in [3.8, 4) is 0 Å². The van der Waals surface area contributed by atoms with Crippen LogP contribution < -0.4 is 10.6 Å². The Labute approximate surface area is 125 Å². The minimum absolute atomic E-state index is 0.143. The number of carbonyl (C=O) groups is 1. The highest BCUT2D eigenvalue weighted by Crippen LogP contribution is 2.17. The third-order valence-electron chi connectivity index (χ3n) is 3.27. The highest BCUT2D eigenvalue weighted by molar-refractivity contribution is 6.29. The maximum Gasteiger partial charge on any atom is 0.280 e. The number of nitrogens with one attached hydrogen (secondary N) is 2. The summed E-state index contributed by atoms with van der Waals surface area (Å²) in [6.07, 6.45) is 5.07. The van der Waals surface area contributed by atoms with Gasteiger partial charge >= 0.3 is 0 Å². The largest absolute Gasteiger partial charge is 0.317 e. The predicted octanol–water partition coefficient (Wildman–Crippen LogP) is 0.898. The van der Waals surface area contributed by atoms with Gasteiger partial charge in [0.05, 0.1) is 12.2 Å². The molecule has 9 heteroatoms. The summed E-state index contributed by atoms with van der Waals surface area (Å²) in [6.45, 7) is 1.89. The third-order valence-corrected chi connectivity index (χ3v) is 3.48. The van der Waals surface area contributed by atoms with E-state index < -0.39 is 5.91 Å². The maximum absolute atomic E-state index is 12.1. The lowest BCUT2D eigenvalue weighted by Crippen LogP contribution is -2.29. The standard InChI is InChI=1S/C12H14ClN7O/c13-10-3-6-15-12(16-10)17-11(21)9-7-20(19-18-9)8-1-4-14-5-2-8/h3,6-8,14H,1-2,4-5H2,(H,15,16,17,21). The monoisotopic (exact) mass is 307 g/mol. The molecular formula is C12H14ClN7O. The van der Waals surface area contributed by atoms with Gasteiger partial charge in [-0.2, -0.15) is 0 Å². The second kappa shape index (κ2) is 6.15. The molecule has 110 valence electrons. The van der Waals surface area contributed by atoms with Crippen molar-refractivity contribution >= 4 is 23.5 Å². The Balaban J connectivity index is 1.69. The molecule has 3 rings (SSSR count). The smallest absolute Gasteiger partial charge is 0.280 e. The highest BCUT2D eigenvalue weighted by Gasteiger charge is 2.19. The summed E-state index contributed by atoms with van der Waals surface area (Å²) in [4.78, 5) is 19.9. The van der Waals surface area contributed by atoms with E-state index in [1.54, 1.807) is 10.9 Å². The van der Waals surface area contributed by atoms with Gasteiger partial charge in [0.15, 0.2) is 5.69 Å². The first kappa shape index (κ1) is 13.9. The summed E-state index contributed by atoms with van der Waals surface area (Å²) in [6, 6.07) is 1.81. The van der Waals surface area contributed by atoms with Gasteiger partial charge in [-0.1, -0.05) is 16.8 Å². The quantitative estimate of drug-likeness (QED) is 0.818. The molecule has 0 unspecified atom stereocenters. The van der Waals surface area contributed by atoms with Gasteiger partial charge in [0.25, 0.3) is 5.91 Å². The van der Waals surface area contributed by atoms with E-state index >= 15 is 0 Å². The van der Waals surface area contributed by atoms with Crippen LogP contribution >= 0.6 is 11.6 Å². The molecule has 1 aliphatic rings. The van der Waals surface area contributed by atoms with Crippen LogP contribution in [0.25, 0.3) is 0 Å². The van der Waals surface area contributed by atoms with E-state index in [4.69, 9.17) is 11.6 Å². The molecule has 1 amide bonds. The zero-order valence-corrected chi connectivity index (χ0v) is 11.9. The SMILES string of the molecule is O=C(Nc1nccc(Cl)n1)c1cn(C2CCNCC2)nn1. The summed E-state index contributed by atoms with van der Waals surface area (Å²) < 4.78 is 1.74. The van der Waals surface area contributed by atoms with Crippen molar-refractivity contribution in [1.29, 1.82) is 0 Å². The van der Waals surface area contributed by atoms with E-state index in [1.807, 2.05) is 0 Å². The molecule has 2 N–H and O–H groups in total. The molecule has 0 aromatic carbocycles. The summed E-state index contributed by atoms with van der Waals surface area (Å²) in [5, 5.41) is 14.0. The van der Waals surface area contributed by atoms with Crippen molar-refractivity contribution < 1.29 is 4.79 Å². The molecule has 0 saturated carbocycles. The van der Waals surface area contributed by atoms with Crippen molar-refractivity contribution in [2.75, 3.05) is 18.4 Å². The van der Waals surface area contributed by atoms with Crippen molar-refractivity contribution in [2.45, 2.75) is 18.9 Å². The first-order valence-electron chi connectivity index (χ1n) is 6.65. The molecule has 0 radical (unpaired) electrons. The van der Waals surface area contributed by atoms with Crippen LogP contribution in [-0.2, 0) is 0 Å². The zero-order valence-electron chi connectivity index (χ0n) is 11.2. The van der Waals surface area contributed by atoms with Crippen LogP contribution in [0.15, 0.2) is 18.5 Å². The second-order valence-electron chi connectivity index (χ2n) is 4.72. The molecule has 0 atom stereocenters. The van der Waals surface area contributed by atoms with Crippen molar-refractivity contribution in [3.63, 3.8) is 0 Å². The number of anilines is 1. The maximum atomic E-state index is 12.1. The summed E-state index contributed by atoms with van der Waals surface area (Å²) >= 11 is 5.74. The Kier molecular flexibility index (Phi) is 4.07. The fourth-order valence-electron chi connectivity index (χ4n) is 2.19. The summed E-state index contributed by atoms with van der Waals surface area (Å²) in [7, 11) is 0. The minimum Gasteiger partial charge on any atom is -0.317 e. The lowest BCUT2D eigenvalue weighted by atomic mass is 10.1. The molecule has 2 aromatic rings. The van der Waals surface area contributed by atoms with Crippen LogP contribution in [0.4, 0.5) is 5.95 Å². The number of hydrogen-bond donors (Lipinski definition) is 2. The number of carbonyl (C=O) groups excluding carboxylic acids is 1. The predicted molar refractivity (Wildman–Crippen MR) is 76.2 cm³/mol. The minimum atomic E-state index is -0.405. The number of rotatable bonds is 3. The lowest BCUT2D eigenvalue weighted by Gasteiger charge is -2.21. The Morgan fingerprint density at radius 1 is 1.43 bits per heavy atom. The lowest BCUT2D eigenvalue weighted by molar-refractivity contribution is 0.102. The van der Waals surface area contributed by atoms with E-state index in [9.17, 15) is 4.79 Å². The van der Waals surface area contributed by atoms with E-state index in [0.29, 0.717) is 0 Å². The second-order valence-corrected chi connectivity index (χ2v) is 5.11. The van der Waals surface area contributed by atoms with Gasteiger partial charge in [-0.3, -0.25) is 10.1 Å². The van der Waals surface area contributed by atoms with Gasteiger partial charge in [-0.25, -0.2) is 14.6 Å². The summed E-state index contributed by atoms with van der Waals surface area (Å²) in [5.74, 6) is -0.263. The van der Waals surface area contributed by atoms with Gasteiger partial charge in [0.2, 0.25) is 5.95 Å². The van der Waals surface area contributed by atoms with Gasteiger partial charge < -0.3 is 5.32 Å². The Bertz CT molecular complexity index is 638. The molecule has 21 heavy (non-hydrogen) atoms. The number of nitrogens with zero attached hydrogens (tertiary/aromatic N) is 5. The first-order chi connectivity index (χ1) is 10.2. The number of aromatic nitrogens is 5. The normalized spacial score (nSPS) is 15.9. The number of amides is 1. The van der Waals surface area contributed by atoms with Crippen LogP contribution in [0, 0.1) is 0 Å². The fraction of sp³-hybridized carbons (Fsp3) is 0.417. The highest BCUT2D eigenvalue weighted by atomic mass is 35.5. The summed E-state index contributed by atoms with van der Waals surface area (Å²) in [5.41, 5.74) is 0.233. The molecule has 8 nitrogen and oxygen atoms in total. The number of piperidine rings is 1. The van der Waals surface area contributed by atoms with Gasteiger partial charge in [-0.15, -0.1) is 5.10 Å².